The minimum atomic E-state index is -1.13. The minimum absolute atomic E-state index is 0.226. The molecule has 0 heterocycles. The lowest BCUT2D eigenvalue weighted by molar-refractivity contribution is -0.142. The van der Waals surface area contributed by atoms with Crippen molar-refractivity contribution in [3.63, 3.8) is 0 Å². The van der Waals surface area contributed by atoms with Crippen molar-refractivity contribution in [2.24, 2.45) is 5.92 Å². The number of halogens is 2. The zero-order valence-electron chi connectivity index (χ0n) is 12.0. The molecule has 0 fully saturated rings. The molecule has 3 N–H and O–H groups in total. The van der Waals surface area contributed by atoms with Gasteiger partial charge in [-0.3, -0.25) is 9.59 Å². The highest BCUT2D eigenvalue weighted by atomic mass is 35.5. The topological polar surface area (TPSA) is 95.5 Å². The summed E-state index contributed by atoms with van der Waals surface area (Å²) in [5.41, 5.74) is 0.251. The van der Waals surface area contributed by atoms with E-state index in [0.29, 0.717) is 5.02 Å². The monoisotopic (exact) mass is 346 g/mol. The Kier molecular flexibility index (Phi) is 6.64. The molecule has 6 nitrogen and oxygen atoms in total. The van der Waals surface area contributed by atoms with Crippen LogP contribution in [0, 0.1) is 5.92 Å². The number of aliphatic carboxylic acids is 1. The number of rotatable bonds is 6. The number of hydrogen-bond acceptors (Lipinski definition) is 3. The van der Waals surface area contributed by atoms with Gasteiger partial charge in [0.05, 0.1) is 16.6 Å². The highest BCUT2D eigenvalue weighted by Gasteiger charge is 2.23. The number of carboxylic acid groups (broad SMARTS) is 1. The van der Waals surface area contributed by atoms with E-state index in [1.54, 1.807) is 13.8 Å². The molecule has 2 amide bonds. The van der Waals surface area contributed by atoms with Gasteiger partial charge >= 0.3 is 5.97 Å². The maximum Gasteiger partial charge on any atom is 0.326 e. The van der Waals surface area contributed by atoms with Crippen molar-refractivity contribution >= 4 is 41.0 Å². The zero-order valence-corrected chi connectivity index (χ0v) is 13.5. The molecule has 120 valence electrons. The summed E-state index contributed by atoms with van der Waals surface area (Å²) in [7, 11) is 0. The molecule has 0 unspecified atom stereocenters. The molecular formula is C14H16Cl2N2O4. The molecule has 0 aliphatic rings. The van der Waals surface area contributed by atoms with Gasteiger partial charge in [-0.2, -0.15) is 0 Å². The van der Waals surface area contributed by atoms with Crippen LogP contribution in [0.5, 0.6) is 0 Å². The molecule has 1 rings (SSSR count). The average Bonchev–Trinajstić information content (AvgIpc) is 2.44. The lowest BCUT2D eigenvalue weighted by Gasteiger charge is -2.18. The van der Waals surface area contributed by atoms with Gasteiger partial charge in [-0.1, -0.05) is 37.0 Å². The third kappa shape index (κ3) is 5.20. The molecule has 0 radical (unpaired) electrons. The van der Waals surface area contributed by atoms with Gasteiger partial charge < -0.3 is 15.7 Å². The Hall–Kier alpha value is -1.79. The first-order chi connectivity index (χ1) is 10.2. The van der Waals surface area contributed by atoms with Crippen LogP contribution in [-0.2, 0) is 9.59 Å². The van der Waals surface area contributed by atoms with Gasteiger partial charge in [-0.15, -0.1) is 0 Å². The fourth-order valence-corrected chi connectivity index (χ4v) is 1.94. The molecule has 0 aromatic heterocycles. The third-order valence-electron chi connectivity index (χ3n) is 2.84. The van der Waals surface area contributed by atoms with Gasteiger partial charge in [-0.05, 0) is 24.1 Å². The second kappa shape index (κ2) is 8.00. The lowest BCUT2D eigenvalue weighted by Crippen LogP contribution is -2.48. The first-order valence-electron chi connectivity index (χ1n) is 6.47. The van der Waals surface area contributed by atoms with Crippen LogP contribution in [0.25, 0.3) is 0 Å². The normalized spacial score (nSPS) is 11.9. The van der Waals surface area contributed by atoms with Crippen molar-refractivity contribution in [2.75, 3.05) is 6.54 Å². The van der Waals surface area contributed by atoms with Crippen molar-refractivity contribution < 1.29 is 19.5 Å². The average molecular weight is 347 g/mol. The van der Waals surface area contributed by atoms with Crippen LogP contribution in [0.1, 0.15) is 24.2 Å². The summed E-state index contributed by atoms with van der Waals surface area (Å²) >= 11 is 11.5. The van der Waals surface area contributed by atoms with Gasteiger partial charge in [0.2, 0.25) is 5.91 Å². The Bertz CT molecular complexity index is 590. The fourth-order valence-electron chi connectivity index (χ4n) is 1.64. The Morgan fingerprint density at radius 1 is 1.18 bits per heavy atom. The van der Waals surface area contributed by atoms with Crippen LogP contribution in [0.3, 0.4) is 0 Å². The quantitative estimate of drug-likeness (QED) is 0.733. The number of hydrogen-bond donors (Lipinski definition) is 3. The summed E-state index contributed by atoms with van der Waals surface area (Å²) < 4.78 is 0. The van der Waals surface area contributed by atoms with Crippen molar-refractivity contribution in [1.82, 2.24) is 10.6 Å². The Morgan fingerprint density at radius 3 is 2.32 bits per heavy atom. The number of carbonyl (C=O) groups is 3. The van der Waals surface area contributed by atoms with Crippen LogP contribution in [0.2, 0.25) is 10.0 Å². The fraction of sp³-hybridized carbons (Fsp3) is 0.357. The molecule has 0 aliphatic carbocycles. The molecule has 1 aromatic rings. The predicted octanol–water partition coefficient (Wildman–Crippen LogP) is 1.95. The zero-order chi connectivity index (χ0) is 16.9. The lowest BCUT2D eigenvalue weighted by atomic mass is 10.1. The molecule has 22 heavy (non-hydrogen) atoms. The number of carbonyl (C=O) groups excluding carboxylic acids is 2. The van der Waals surface area contributed by atoms with E-state index in [0.717, 1.165) is 0 Å². The third-order valence-corrected chi connectivity index (χ3v) is 3.58. The van der Waals surface area contributed by atoms with Crippen molar-refractivity contribution in [2.45, 2.75) is 19.9 Å². The Labute approximate surface area is 137 Å². The van der Waals surface area contributed by atoms with E-state index < -0.39 is 23.8 Å². The minimum Gasteiger partial charge on any atom is -0.480 e. The second-order valence-electron chi connectivity index (χ2n) is 4.94. The highest BCUT2D eigenvalue weighted by molar-refractivity contribution is 6.42. The van der Waals surface area contributed by atoms with E-state index in [-0.39, 0.29) is 23.0 Å². The summed E-state index contributed by atoms with van der Waals surface area (Å²) in [5, 5.41) is 14.2. The van der Waals surface area contributed by atoms with Gasteiger partial charge in [0.1, 0.15) is 6.04 Å². The predicted molar refractivity (Wildman–Crippen MR) is 83.2 cm³/mol. The smallest absolute Gasteiger partial charge is 0.326 e. The van der Waals surface area contributed by atoms with E-state index in [1.165, 1.54) is 18.2 Å². The standard InChI is InChI=1S/C14H16Cl2N2O4/c1-7(2)12(14(21)22)18-11(19)6-17-13(20)8-3-4-9(15)10(16)5-8/h3-5,7,12H,6H2,1-2H3,(H,17,20)(H,18,19)(H,21,22)/t12-/m0/s1. The number of benzene rings is 1. The van der Waals surface area contributed by atoms with Crippen molar-refractivity contribution in [3.8, 4) is 0 Å². The summed E-state index contributed by atoms with van der Waals surface area (Å²) in [6.07, 6.45) is 0. The highest BCUT2D eigenvalue weighted by Crippen LogP contribution is 2.22. The summed E-state index contributed by atoms with van der Waals surface area (Å²) in [6, 6.07) is 3.31. The molecule has 1 atom stereocenters. The molecule has 0 bridgehead atoms. The van der Waals surface area contributed by atoms with Gasteiger partial charge in [0.25, 0.3) is 5.91 Å². The number of nitrogens with one attached hydrogen (secondary N) is 2. The second-order valence-corrected chi connectivity index (χ2v) is 5.75. The molecule has 0 aliphatic heterocycles. The van der Waals surface area contributed by atoms with E-state index in [1.807, 2.05) is 0 Å². The van der Waals surface area contributed by atoms with E-state index in [2.05, 4.69) is 10.6 Å². The van der Waals surface area contributed by atoms with Gasteiger partial charge in [0, 0.05) is 5.56 Å². The molecule has 0 saturated heterocycles. The maximum absolute atomic E-state index is 11.9. The molecule has 0 spiro atoms. The van der Waals surface area contributed by atoms with E-state index in [9.17, 15) is 14.4 Å². The summed E-state index contributed by atoms with van der Waals surface area (Å²) in [6.45, 7) is 3.01. The first-order valence-corrected chi connectivity index (χ1v) is 7.23. The van der Waals surface area contributed by atoms with Crippen LogP contribution >= 0.6 is 23.2 Å². The van der Waals surface area contributed by atoms with Crippen LogP contribution < -0.4 is 10.6 Å². The van der Waals surface area contributed by atoms with Crippen molar-refractivity contribution in [1.29, 1.82) is 0 Å². The van der Waals surface area contributed by atoms with Crippen LogP contribution in [-0.4, -0.2) is 35.5 Å². The Balaban J connectivity index is 2.58. The molecule has 1 aromatic carbocycles. The first kappa shape index (κ1) is 18.3. The molecule has 8 heteroatoms. The molecular weight excluding hydrogens is 331 g/mol. The van der Waals surface area contributed by atoms with Crippen molar-refractivity contribution in [3.05, 3.63) is 33.8 Å². The number of carboxylic acids is 1. The van der Waals surface area contributed by atoms with Gasteiger partial charge in [-0.25, -0.2) is 4.79 Å². The number of amides is 2. The summed E-state index contributed by atoms with van der Waals surface area (Å²) in [4.78, 5) is 34.5. The van der Waals surface area contributed by atoms with Gasteiger partial charge in [0.15, 0.2) is 0 Å². The molecule has 0 saturated carbocycles. The SMILES string of the molecule is CC(C)[C@H](NC(=O)CNC(=O)c1ccc(Cl)c(Cl)c1)C(=O)O. The van der Waals surface area contributed by atoms with E-state index in [4.69, 9.17) is 28.3 Å². The largest absolute Gasteiger partial charge is 0.480 e. The summed E-state index contributed by atoms with van der Waals surface area (Å²) in [5.74, 6) is -2.49. The van der Waals surface area contributed by atoms with E-state index >= 15 is 0 Å². The van der Waals surface area contributed by atoms with Crippen LogP contribution in [0.4, 0.5) is 0 Å². The van der Waals surface area contributed by atoms with Crippen LogP contribution in [0.15, 0.2) is 18.2 Å². The Morgan fingerprint density at radius 2 is 1.82 bits per heavy atom. The maximum atomic E-state index is 11.9.